The van der Waals surface area contributed by atoms with Gasteiger partial charge in [-0.05, 0) is 37.0 Å². The predicted octanol–water partition coefficient (Wildman–Crippen LogP) is 2.58. The summed E-state index contributed by atoms with van der Waals surface area (Å²) in [6.45, 7) is 3.08. The molecular weight excluding hydrogens is 256 g/mol. The van der Waals surface area contributed by atoms with Crippen LogP contribution in [0, 0.1) is 5.92 Å². The highest BCUT2D eigenvalue weighted by Gasteiger charge is 2.26. The first kappa shape index (κ1) is 14.4. The molecule has 1 aromatic rings. The second-order valence-electron chi connectivity index (χ2n) is 5.08. The van der Waals surface area contributed by atoms with E-state index in [-0.39, 0.29) is 11.9 Å². The van der Waals surface area contributed by atoms with Crippen LogP contribution >= 0.6 is 0 Å². The van der Waals surface area contributed by atoms with Gasteiger partial charge in [-0.2, -0.15) is 0 Å². The van der Waals surface area contributed by atoms with Crippen LogP contribution in [0.1, 0.15) is 25.3 Å². The monoisotopic (exact) mass is 276 g/mol. The van der Waals surface area contributed by atoms with Gasteiger partial charge >= 0.3 is 12.0 Å². The number of nitrogens with one attached hydrogen (secondary N) is 1. The summed E-state index contributed by atoms with van der Waals surface area (Å²) < 4.78 is 0. The van der Waals surface area contributed by atoms with E-state index in [1.807, 2.05) is 24.3 Å². The SMILES string of the molecule is CCc1ccc(NC(=O)N2CCC(C(=O)O)CC2)cc1. The van der Waals surface area contributed by atoms with Crippen molar-refractivity contribution in [2.24, 2.45) is 5.92 Å². The Morgan fingerprint density at radius 2 is 1.85 bits per heavy atom. The first-order valence-electron chi connectivity index (χ1n) is 6.98. The fourth-order valence-electron chi connectivity index (χ4n) is 2.36. The Hall–Kier alpha value is -2.04. The van der Waals surface area contributed by atoms with Crippen LogP contribution in [-0.2, 0) is 11.2 Å². The number of hydrogen-bond donors (Lipinski definition) is 2. The number of piperidine rings is 1. The summed E-state index contributed by atoms with van der Waals surface area (Å²) in [5, 5.41) is 11.8. The first-order chi connectivity index (χ1) is 9.60. The Labute approximate surface area is 118 Å². The molecule has 1 aliphatic heterocycles. The maximum atomic E-state index is 12.1. The summed E-state index contributed by atoms with van der Waals surface area (Å²) in [4.78, 5) is 24.6. The molecule has 2 rings (SSSR count). The van der Waals surface area contributed by atoms with E-state index >= 15 is 0 Å². The van der Waals surface area contributed by atoms with Crippen LogP contribution in [-0.4, -0.2) is 35.1 Å². The third kappa shape index (κ3) is 3.50. The topological polar surface area (TPSA) is 69.6 Å². The maximum absolute atomic E-state index is 12.1. The smallest absolute Gasteiger partial charge is 0.321 e. The number of carboxylic acids is 1. The molecule has 5 nitrogen and oxygen atoms in total. The molecule has 1 heterocycles. The minimum Gasteiger partial charge on any atom is -0.481 e. The van der Waals surface area contributed by atoms with Crippen LogP contribution < -0.4 is 5.32 Å². The standard InChI is InChI=1S/C15H20N2O3/c1-2-11-3-5-13(6-4-11)16-15(20)17-9-7-12(8-10-17)14(18)19/h3-6,12H,2,7-10H2,1H3,(H,16,20)(H,18,19). The van der Waals surface area contributed by atoms with Gasteiger partial charge in [0, 0.05) is 18.8 Å². The number of anilines is 1. The molecule has 0 bridgehead atoms. The molecule has 0 radical (unpaired) electrons. The number of rotatable bonds is 3. The third-order valence-electron chi connectivity index (χ3n) is 3.74. The highest BCUT2D eigenvalue weighted by atomic mass is 16.4. The molecule has 2 amide bonds. The van der Waals surface area contributed by atoms with E-state index in [4.69, 9.17) is 5.11 Å². The van der Waals surface area contributed by atoms with E-state index in [9.17, 15) is 9.59 Å². The minimum absolute atomic E-state index is 0.155. The number of likely N-dealkylation sites (tertiary alicyclic amines) is 1. The number of carbonyl (C=O) groups excluding carboxylic acids is 1. The number of aliphatic carboxylic acids is 1. The largest absolute Gasteiger partial charge is 0.481 e. The lowest BCUT2D eigenvalue weighted by Crippen LogP contribution is -2.42. The molecule has 108 valence electrons. The number of benzene rings is 1. The van der Waals surface area contributed by atoms with Crippen LogP contribution in [0.4, 0.5) is 10.5 Å². The molecule has 1 aromatic carbocycles. The average Bonchev–Trinajstić information content (AvgIpc) is 2.48. The van der Waals surface area contributed by atoms with Crippen LogP contribution in [0.5, 0.6) is 0 Å². The normalized spacial score (nSPS) is 15.9. The molecule has 0 aromatic heterocycles. The fourth-order valence-corrected chi connectivity index (χ4v) is 2.36. The lowest BCUT2D eigenvalue weighted by atomic mass is 9.97. The molecule has 0 saturated carbocycles. The van der Waals surface area contributed by atoms with Crippen molar-refractivity contribution in [3.8, 4) is 0 Å². The van der Waals surface area contributed by atoms with Gasteiger partial charge in [0.05, 0.1) is 5.92 Å². The van der Waals surface area contributed by atoms with Gasteiger partial charge in [0.1, 0.15) is 0 Å². The van der Waals surface area contributed by atoms with Crippen LogP contribution in [0.25, 0.3) is 0 Å². The van der Waals surface area contributed by atoms with Gasteiger partial charge < -0.3 is 15.3 Å². The fraction of sp³-hybridized carbons (Fsp3) is 0.467. The van der Waals surface area contributed by atoms with Crippen molar-refractivity contribution in [3.05, 3.63) is 29.8 Å². The molecule has 1 saturated heterocycles. The zero-order chi connectivity index (χ0) is 14.5. The van der Waals surface area contributed by atoms with Gasteiger partial charge in [-0.15, -0.1) is 0 Å². The quantitative estimate of drug-likeness (QED) is 0.891. The molecular formula is C15H20N2O3. The summed E-state index contributed by atoms with van der Waals surface area (Å²) in [5.74, 6) is -1.08. The lowest BCUT2D eigenvalue weighted by Gasteiger charge is -2.30. The van der Waals surface area contributed by atoms with Gasteiger partial charge in [-0.1, -0.05) is 19.1 Å². The number of urea groups is 1. The Balaban J connectivity index is 1.87. The van der Waals surface area contributed by atoms with E-state index < -0.39 is 5.97 Å². The number of aryl methyl sites for hydroxylation is 1. The van der Waals surface area contributed by atoms with Crippen LogP contribution in [0.2, 0.25) is 0 Å². The molecule has 0 unspecified atom stereocenters. The zero-order valence-electron chi connectivity index (χ0n) is 11.6. The second kappa shape index (κ2) is 6.41. The van der Waals surface area contributed by atoms with E-state index in [1.54, 1.807) is 4.90 Å². The van der Waals surface area contributed by atoms with Crippen molar-refractivity contribution < 1.29 is 14.7 Å². The molecule has 1 fully saturated rings. The third-order valence-corrected chi connectivity index (χ3v) is 3.74. The molecule has 1 aliphatic rings. The number of nitrogens with zero attached hydrogens (tertiary/aromatic N) is 1. The average molecular weight is 276 g/mol. The predicted molar refractivity (Wildman–Crippen MR) is 76.8 cm³/mol. The zero-order valence-corrected chi connectivity index (χ0v) is 11.6. The summed E-state index contributed by atoms with van der Waals surface area (Å²) in [6.07, 6.45) is 2.02. The first-order valence-corrected chi connectivity index (χ1v) is 6.98. The van der Waals surface area contributed by atoms with Gasteiger partial charge in [0.25, 0.3) is 0 Å². The van der Waals surface area contributed by atoms with E-state index in [0.29, 0.717) is 25.9 Å². The van der Waals surface area contributed by atoms with Crippen molar-refractivity contribution in [2.75, 3.05) is 18.4 Å². The van der Waals surface area contributed by atoms with Crippen molar-refractivity contribution in [1.82, 2.24) is 4.90 Å². The van der Waals surface area contributed by atoms with Crippen molar-refractivity contribution in [2.45, 2.75) is 26.2 Å². The second-order valence-corrected chi connectivity index (χ2v) is 5.08. The number of carboxylic acid groups (broad SMARTS) is 1. The maximum Gasteiger partial charge on any atom is 0.321 e. The Kier molecular flexibility index (Phi) is 4.61. The lowest BCUT2D eigenvalue weighted by molar-refractivity contribution is -0.143. The van der Waals surface area contributed by atoms with E-state index in [1.165, 1.54) is 5.56 Å². The highest BCUT2D eigenvalue weighted by Crippen LogP contribution is 2.18. The van der Waals surface area contributed by atoms with Gasteiger partial charge in [-0.3, -0.25) is 4.79 Å². The molecule has 0 atom stereocenters. The van der Waals surface area contributed by atoms with E-state index in [2.05, 4.69) is 12.2 Å². The summed E-state index contributed by atoms with van der Waals surface area (Å²) >= 11 is 0. The summed E-state index contributed by atoms with van der Waals surface area (Å²) in [7, 11) is 0. The Morgan fingerprint density at radius 1 is 1.25 bits per heavy atom. The van der Waals surface area contributed by atoms with Crippen molar-refractivity contribution >= 4 is 17.7 Å². The molecule has 0 aliphatic carbocycles. The van der Waals surface area contributed by atoms with Crippen LogP contribution in [0.3, 0.4) is 0 Å². The van der Waals surface area contributed by atoms with Crippen molar-refractivity contribution in [1.29, 1.82) is 0 Å². The van der Waals surface area contributed by atoms with Gasteiger partial charge in [-0.25, -0.2) is 4.79 Å². The Morgan fingerprint density at radius 3 is 2.35 bits per heavy atom. The minimum atomic E-state index is -0.764. The number of carbonyl (C=O) groups is 2. The summed E-state index contributed by atoms with van der Waals surface area (Å²) in [6, 6.07) is 7.61. The molecule has 5 heteroatoms. The molecule has 2 N–H and O–H groups in total. The molecule has 0 spiro atoms. The summed E-state index contributed by atoms with van der Waals surface area (Å²) in [5.41, 5.74) is 2.00. The van der Waals surface area contributed by atoms with Gasteiger partial charge in [0.15, 0.2) is 0 Å². The van der Waals surface area contributed by atoms with Crippen LogP contribution in [0.15, 0.2) is 24.3 Å². The molecule has 20 heavy (non-hydrogen) atoms. The highest BCUT2D eigenvalue weighted by molar-refractivity contribution is 5.89. The number of hydrogen-bond acceptors (Lipinski definition) is 2. The van der Waals surface area contributed by atoms with Gasteiger partial charge in [0.2, 0.25) is 0 Å². The van der Waals surface area contributed by atoms with E-state index in [0.717, 1.165) is 12.1 Å². The van der Waals surface area contributed by atoms with Crippen molar-refractivity contribution in [3.63, 3.8) is 0 Å². The number of amides is 2. The Bertz CT molecular complexity index is 476.